The Balaban J connectivity index is 1.24. The lowest BCUT2D eigenvalue weighted by Crippen LogP contribution is -2.48. The molecule has 1 amide bonds. The highest BCUT2D eigenvalue weighted by Crippen LogP contribution is 2.31. The number of nitrogens with zero attached hydrogens (tertiary/aromatic N) is 4. The SMILES string of the molecule is CCN(CC)S(=O)(=O)c1ccc(C(=O)NCCN2CCN(c3nc4ccc(Cl)cc4s3)CC2)cc1. The smallest absolute Gasteiger partial charge is 0.251 e. The summed E-state index contributed by atoms with van der Waals surface area (Å²) in [5.41, 5.74) is 1.42. The monoisotopic (exact) mass is 535 g/mol. The van der Waals surface area contributed by atoms with E-state index >= 15 is 0 Å². The standard InChI is InChI=1S/C24H30ClN5O3S2/c1-3-30(4-2)35(32,33)20-8-5-18(6-9-20)23(31)26-11-12-28-13-15-29(16-14-28)24-27-21-10-7-19(25)17-22(21)34-24/h5-10,17H,3-4,11-16H2,1-2H3,(H,26,31). The molecule has 1 aromatic heterocycles. The van der Waals surface area contributed by atoms with Crippen LogP contribution in [0.1, 0.15) is 24.2 Å². The number of amides is 1. The summed E-state index contributed by atoms with van der Waals surface area (Å²) < 4.78 is 27.7. The summed E-state index contributed by atoms with van der Waals surface area (Å²) in [5.74, 6) is -0.205. The Morgan fingerprint density at radius 1 is 1.09 bits per heavy atom. The first-order chi connectivity index (χ1) is 16.8. The molecule has 0 bridgehead atoms. The van der Waals surface area contributed by atoms with Crippen LogP contribution < -0.4 is 10.2 Å². The first-order valence-corrected chi connectivity index (χ1v) is 14.4. The number of anilines is 1. The number of fused-ring (bicyclic) bond motifs is 1. The molecule has 1 N–H and O–H groups in total. The number of hydrogen-bond donors (Lipinski definition) is 1. The molecule has 1 aliphatic rings. The van der Waals surface area contributed by atoms with Crippen LogP contribution in [0.5, 0.6) is 0 Å². The fraction of sp³-hybridized carbons (Fsp3) is 0.417. The molecule has 4 rings (SSSR count). The number of nitrogens with one attached hydrogen (secondary N) is 1. The largest absolute Gasteiger partial charge is 0.351 e. The van der Waals surface area contributed by atoms with Crippen LogP contribution in [-0.4, -0.2) is 80.9 Å². The van der Waals surface area contributed by atoms with Gasteiger partial charge in [0.2, 0.25) is 10.0 Å². The number of benzene rings is 2. The molecule has 0 radical (unpaired) electrons. The quantitative estimate of drug-likeness (QED) is 0.451. The molecule has 11 heteroatoms. The molecule has 1 fully saturated rings. The fourth-order valence-electron chi connectivity index (χ4n) is 4.10. The maximum absolute atomic E-state index is 12.6. The molecule has 0 aliphatic carbocycles. The van der Waals surface area contributed by atoms with Gasteiger partial charge < -0.3 is 10.2 Å². The molecule has 2 heterocycles. The number of rotatable bonds is 9. The van der Waals surface area contributed by atoms with E-state index in [1.165, 1.54) is 16.4 Å². The van der Waals surface area contributed by atoms with Crippen molar-refractivity contribution < 1.29 is 13.2 Å². The Hall–Kier alpha value is -2.24. The van der Waals surface area contributed by atoms with Gasteiger partial charge in [0.15, 0.2) is 5.13 Å². The van der Waals surface area contributed by atoms with Crippen molar-refractivity contribution >= 4 is 54.2 Å². The Labute approximate surface area is 215 Å². The van der Waals surface area contributed by atoms with Gasteiger partial charge in [-0.15, -0.1) is 0 Å². The van der Waals surface area contributed by atoms with Gasteiger partial charge in [-0.2, -0.15) is 4.31 Å². The molecule has 3 aromatic rings. The van der Waals surface area contributed by atoms with Crippen molar-refractivity contribution in [3.63, 3.8) is 0 Å². The molecular weight excluding hydrogens is 506 g/mol. The van der Waals surface area contributed by atoms with Crippen LogP contribution in [0.2, 0.25) is 5.02 Å². The van der Waals surface area contributed by atoms with Crippen LogP contribution in [0.15, 0.2) is 47.4 Å². The van der Waals surface area contributed by atoms with E-state index in [0.717, 1.165) is 53.1 Å². The van der Waals surface area contributed by atoms with Gasteiger partial charge in [0, 0.05) is 62.9 Å². The highest BCUT2D eigenvalue weighted by Gasteiger charge is 2.22. The van der Waals surface area contributed by atoms with E-state index in [4.69, 9.17) is 16.6 Å². The zero-order valence-corrected chi connectivity index (χ0v) is 22.3. The zero-order chi connectivity index (χ0) is 25.0. The van der Waals surface area contributed by atoms with Gasteiger partial charge in [0.05, 0.1) is 15.1 Å². The van der Waals surface area contributed by atoms with Crippen LogP contribution in [0.3, 0.4) is 0 Å². The van der Waals surface area contributed by atoms with Gasteiger partial charge in [-0.25, -0.2) is 13.4 Å². The molecule has 1 aliphatic heterocycles. The predicted molar refractivity (Wildman–Crippen MR) is 142 cm³/mol. The van der Waals surface area contributed by atoms with Crippen LogP contribution in [0.25, 0.3) is 10.2 Å². The van der Waals surface area contributed by atoms with Crippen molar-refractivity contribution in [1.82, 2.24) is 19.5 Å². The van der Waals surface area contributed by atoms with Gasteiger partial charge >= 0.3 is 0 Å². The zero-order valence-electron chi connectivity index (χ0n) is 19.9. The third-order valence-electron chi connectivity index (χ3n) is 6.16. The van der Waals surface area contributed by atoms with E-state index in [-0.39, 0.29) is 10.8 Å². The normalized spacial score (nSPS) is 15.1. The van der Waals surface area contributed by atoms with Gasteiger partial charge in [-0.1, -0.05) is 36.8 Å². The molecule has 0 saturated carbocycles. The highest BCUT2D eigenvalue weighted by atomic mass is 35.5. The third kappa shape index (κ3) is 5.95. The van der Waals surface area contributed by atoms with Crippen molar-refractivity contribution in [3.8, 4) is 0 Å². The summed E-state index contributed by atoms with van der Waals surface area (Å²) >= 11 is 7.75. The highest BCUT2D eigenvalue weighted by molar-refractivity contribution is 7.89. The number of sulfonamides is 1. The van der Waals surface area contributed by atoms with Crippen molar-refractivity contribution in [3.05, 3.63) is 53.1 Å². The number of halogens is 1. The molecule has 0 spiro atoms. The van der Waals surface area contributed by atoms with Crippen LogP contribution in [0, 0.1) is 0 Å². The van der Waals surface area contributed by atoms with Gasteiger partial charge in [-0.3, -0.25) is 9.69 Å². The Morgan fingerprint density at radius 3 is 2.43 bits per heavy atom. The molecule has 0 atom stereocenters. The average Bonchev–Trinajstić information content (AvgIpc) is 3.28. The minimum atomic E-state index is -3.53. The van der Waals surface area contributed by atoms with E-state index < -0.39 is 10.0 Å². The Bertz CT molecular complexity index is 1270. The van der Waals surface area contributed by atoms with Crippen molar-refractivity contribution in [1.29, 1.82) is 0 Å². The lowest BCUT2D eigenvalue weighted by molar-refractivity contribution is 0.0947. The number of carbonyl (C=O) groups is 1. The average molecular weight is 536 g/mol. The number of carbonyl (C=O) groups excluding carboxylic acids is 1. The summed E-state index contributed by atoms with van der Waals surface area (Å²) in [5, 5.41) is 4.68. The van der Waals surface area contributed by atoms with Crippen molar-refractivity contribution in [2.24, 2.45) is 0 Å². The van der Waals surface area contributed by atoms with Crippen molar-refractivity contribution in [2.75, 3.05) is 57.3 Å². The molecular formula is C24H30ClN5O3S2. The topological polar surface area (TPSA) is 85.8 Å². The number of thiazole rings is 1. The maximum Gasteiger partial charge on any atom is 0.251 e. The van der Waals surface area contributed by atoms with Crippen molar-refractivity contribution in [2.45, 2.75) is 18.7 Å². The lowest BCUT2D eigenvalue weighted by atomic mass is 10.2. The third-order valence-corrected chi connectivity index (χ3v) is 9.53. The van der Waals surface area contributed by atoms with Gasteiger partial charge in [0.25, 0.3) is 5.91 Å². The van der Waals surface area contributed by atoms with E-state index in [1.807, 2.05) is 18.2 Å². The maximum atomic E-state index is 12.6. The van der Waals surface area contributed by atoms with E-state index in [1.54, 1.807) is 37.3 Å². The van der Waals surface area contributed by atoms with E-state index in [9.17, 15) is 13.2 Å². The first kappa shape index (κ1) is 25.8. The summed E-state index contributed by atoms with van der Waals surface area (Å²) in [6.45, 7) is 9.25. The second-order valence-corrected chi connectivity index (χ2v) is 11.7. The Morgan fingerprint density at radius 2 is 1.77 bits per heavy atom. The Kier molecular flexibility index (Phi) is 8.28. The molecule has 35 heavy (non-hydrogen) atoms. The lowest BCUT2D eigenvalue weighted by Gasteiger charge is -2.34. The molecule has 8 nitrogen and oxygen atoms in total. The summed E-state index contributed by atoms with van der Waals surface area (Å²) in [7, 11) is -3.53. The second-order valence-electron chi connectivity index (χ2n) is 8.31. The summed E-state index contributed by atoms with van der Waals surface area (Å²) in [4.78, 5) is 22.1. The van der Waals surface area contributed by atoms with E-state index in [0.29, 0.717) is 25.2 Å². The number of aromatic nitrogens is 1. The predicted octanol–water partition coefficient (Wildman–Crippen LogP) is 3.53. The second kappa shape index (κ2) is 11.2. The molecule has 188 valence electrons. The minimum absolute atomic E-state index is 0.201. The molecule has 0 unspecified atom stereocenters. The summed E-state index contributed by atoms with van der Waals surface area (Å²) in [6.07, 6.45) is 0. The van der Waals surface area contributed by atoms with Gasteiger partial charge in [-0.05, 0) is 42.5 Å². The summed E-state index contributed by atoms with van der Waals surface area (Å²) in [6, 6.07) is 11.9. The van der Waals surface area contributed by atoms with Crippen LogP contribution >= 0.6 is 22.9 Å². The van der Waals surface area contributed by atoms with E-state index in [2.05, 4.69) is 15.1 Å². The van der Waals surface area contributed by atoms with Gasteiger partial charge in [0.1, 0.15) is 0 Å². The molecule has 2 aromatic carbocycles. The van der Waals surface area contributed by atoms with Crippen LogP contribution in [0.4, 0.5) is 5.13 Å². The molecule has 1 saturated heterocycles. The van der Waals surface area contributed by atoms with Crippen LogP contribution in [-0.2, 0) is 10.0 Å². The first-order valence-electron chi connectivity index (χ1n) is 11.7. The number of piperazine rings is 1. The fourth-order valence-corrected chi connectivity index (χ4v) is 6.86. The number of hydrogen-bond acceptors (Lipinski definition) is 7. The minimum Gasteiger partial charge on any atom is -0.351 e.